The molecule has 1 atom stereocenters. The van der Waals surface area contributed by atoms with Gasteiger partial charge in [0.15, 0.2) is 0 Å². The van der Waals surface area contributed by atoms with Crippen molar-refractivity contribution >= 4 is 5.69 Å². The van der Waals surface area contributed by atoms with Crippen molar-refractivity contribution in [3.05, 3.63) is 29.6 Å². The molecule has 1 aromatic rings. The Hall–Kier alpha value is -1.09. The first-order chi connectivity index (χ1) is 7.93. The highest BCUT2D eigenvalue weighted by Gasteiger charge is 2.16. The van der Waals surface area contributed by atoms with Gasteiger partial charge in [0.05, 0.1) is 6.10 Å². The van der Waals surface area contributed by atoms with E-state index in [4.69, 9.17) is 0 Å². The largest absolute Gasteiger partial charge is 0.389 e. The smallest absolute Gasteiger partial charge is 0.131 e. The lowest BCUT2D eigenvalue weighted by Crippen LogP contribution is -2.22. The molecule has 3 heteroatoms. The molecule has 0 heterocycles. The van der Waals surface area contributed by atoms with Crippen LogP contribution in [0.4, 0.5) is 10.1 Å². The molecule has 0 saturated carbocycles. The Labute approximate surface area is 103 Å². The third-order valence-electron chi connectivity index (χ3n) is 2.90. The molecule has 0 aliphatic rings. The fraction of sp³-hybridized carbons (Fsp3) is 0.571. The van der Waals surface area contributed by atoms with E-state index < -0.39 is 6.10 Å². The Morgan fingerprint density at radius 3 is 2.47 bits per heavy atom. The van der Waals surface area contributed by atoms with Crippen molar-refractivity contribution in [2.24, 2.45) is 5.92 Å². The van der Waals surface area contributed by atoms with Crippen LogP contribution in [0.25, 0.3) is 0 Å². The summed E-state index contributed by atoms with van der Waals surface area (Å²) in [6.45, 7) is 6.78. The lowest BCUT2D eigenvalue weighted by Gasteiger charge is -2.24. The number of rotatable bonds is 5. The van der Waals surface area contributed by atoms with Crippen molar-refractivity contribution in [2.75, 3.05) is 18.5 Å². The molecule has 1 N–H and O–H groups in total. The predicted octanol–water partition coefficient (Wildman–Crippen LogP) is 3.36. The van der Waals surface area contributed by atoms with Crippen LogP contribution in [0.1, 0.15) is 38.9 Å². The lowest BCUT2D eigenvalue weighted by molar-refractivity contribution is 0.194. The van der Waals surface area contributed by atoms with Gasteiger partial charge in [-0.15, -0.1) is 0 Å². The van der Waals surface area contributed by atoms with E-state index in [0.717, 1.165) is 18.7 Å². The van der Waals surface area contributed by atoms with Gasteiger partial charge in [0.2, 0.25) is 0 Å². The molecule has 1 unspecified atom stereocenters. The van der Waals surface area contributed by atoms with Crippen molar-refractivity contribution in [3.8, 4) is 0 Å². The fourth-order valence-electron chi connectivity index (χ4n) is 1.84. The fourth-order valence-corrected chi connectivity index (χ4v) is 1.84. The second-order valence-corrected chi connectivity index (χ2v) is 4.95. The van der Waals surface area contributed by atoms with Crippen molar-refractivity contribution in [3.63, 3.8) is 0 Å². The topological polar surface area (TPSA) is 23.5 Å². The molecule has 0 radical (unpaired) electrons. The van der Waals surface area contributed by atoms with Crippen LogP contribution < -0.4 is 4.90 Å². The first-order valence-corrected chi connectivity index (χ1v) is 6.11. The van der Waals surface area contributed by atoms with Crippen molar-refractivity contribution in [2.45, 2.75) is 33.3 Å². The molecule has 0 amide bonds. The molecule has 0 bridgehead atoms. The molecule has 0 saturated heterocycles. The number of halogens is 1. The summed E-state index contributed by atoms with van der Waals surface area (Å²) in [7, 11) is 1.93. The van der Waals surface area contributed by atoms with Gasteiger partial charge in [0, 0.05) is 24.8 Å². The van der Waals surface area contributed by atoms with Crippen LogP contribution in [-0.4, -0.2) is 18.7 Å². The van der Waals surface area contributed by atoms with Gasteiger partial charge in [-0.05, 0) is 31.4 Å². The molecule has 0 fully saturated rings. The Bertz CT molecular complexity index is 363. The summed E-state index contributed by atoms with van der Waals surface area (Å²) in [6, 6.07) is 4.93. The van der Waals surface area contributed by atoms with E-state index in [1.807, 2.05) is 18.0 Å². The average Bonchev–Trinajstić information content (AvgIpc) is 2.24. The van der Waals surface area contributed by atoms with Gasteiger partial charge in [-0.2, -0.15) is 0 Å². The number of nitrogens with zero attached hydrogens (tertiary/aromatic N) is 1. The summed E-state index contributed by atoms with van der Waals surface area (Å²) in [4.78, 5) is 2.01. The maximum atomic E-state index is 13.7. The number of hydrogen-bond donors (Lipinski definition) is 1. The van der Waals surface area contributed by atoms with Crippen molar-refractivity contribution < 1.29 is 9.50 Å². The average molecular weight is 239 g/mol. The predicted molar refractivity (Wildman–Crippen MR) is 69.8 cm³/mol. The van der Waals surface area contributed by atoms with Crippen LogP contribution in [0.5, 0.6) is 0 Å². The van der Waals surface area contributed by atoms with E-state index in [9.17, 15) is 9.50 Å². The van der Waals surface area contributed by atoms with Crippen LogP contribution in [0.3, 0.4) is 0 Å². The SMILES string of the molecule is CC(C)CCN(C)c1cccc(F)c1C(C)O. The van der Waals surface area contributed by atoms with E-state index in [0.29, 0.717) is 11.5 Å². The van der Waals surface area contributed by atoms with Crippen molar-refractivity contribution in [1.29, 1.82) is 0 Å². The summed E-state index contributed by atoms with van der Waals surface area (Å²) < 4.78 is 13.7. The number of aliphatic hydroxyl groups is 1. The van der Waals surface area contributed by atoms with Gasteiger partial charge in [-0.3, -0.25) is 0 Å². The first kappa shape index (κ1) is 14.0. The molecule has 0 aromatic heterocycles. The second kappa shape index (κ2) is 6.01. The zero-order valence-electron chi connectivity index (χ0n) is 11.1. The Balaban J connectivity index is 2.92. The highest BCUT2D eigenvalue weighted by atomic mass is 19.1. The van der Waals surface area contributed by atoms with E-state index in [-0.39, 0.29) is 5.82 Å². The van der Waals surface area contributed by atoms with Crippen LogP contribution >= 0.6 is 0 Å². The Morgan fingerprint density at radius 2 is 1.94 bits per heavy atom. The van der Waals surface area contributed by atoms with E-state index in [1.165, 1.54) is 6.07 Å². The number of anilines is 1. The number of hydrogen-bond acceptors (Lipinski definition) is 2. The van der Waals surface area contributed by atoms with E-state index >= 15 is 0 Å². The highest BCUT2D eigenvalue weighted by Crippen LogP contribution is 2.28. The molecule has 0 spiro atoms. The minimum atomic E-state index is -0.785. The molecule has 2 nitrogen and oxygen atoms in total. The summed E-state index contributed by atoms with van der Waals surface area (Å²) in [5, 5.41) is 9.65. The molecule has 0 aliphatic heterocycles. The van der Waals surface area contributed by atoms with Crippen LogP contribution in [0.15, 0.2) is 18.2 Å². The zero-order chi connectivity index (χ0) is 13.0. The van der Waals surface area contributed by atoms with E-state index in [2.05, 4.69) is 13.8 Å². The van der Waals surface area contributed by atoms with Gasteiger partial charge >= 0.3 is 0 Å². The molecule has 17 heavy (non-hydrogen) atoms. The highest BCUT2D eigenvalue weighted by molar-refractivity contribution is 5.54. The Morgan fingerprint density at radius 1 is 1.29 bits per heavy atom. The molecular formula is C14H22FNO. The van der Waals surface area contributed by atoms with Gasteiger partial charge in [0.1, 0.15) is 5.82 Å². The molecular weight excluding hydrogens is 217 g/mol. The monoisotopic (exact) mass is 239 g/mol. The van der Waals surface area contributed by atoms with Crippen molar-refractivity contribution in [1.82, 2.24) is 0 Å². The summed E-state index contributed by atoms with van der Waals surface area (Å²) in [6.07, 6.45) is 0.263. The number of aliphatic hydroxyl groups excluding tert-OH is 1. The maximum absolute atomic E-state index is 13.7. The quantitative estimate of drug-likeness (QED) is 0.851. The standard InChI is InChI=1S/C14H22FNO/c1-10(2)8-9-16(4)13-7-5-6-12(15)14(13)11(3)17/h5-7,10-11,17H,8-9H2,1-4H3. The third-order valence-corrected chi connectivity index (χ3v) is 2.90. The maximum Gasteiger partial charge on any atom is 0.131 e. The second-order valence-electron chi connectivity index (χ2n) is 4.95. The minimum Gasteiger partial charge on any atom is -0.389 e. The van der Waals surface area contributed by atoms with Crippen LogP contribution in [0.2, 0.25) is 0 Å². The molecule has 1 aromatic carbocycles. The summed E-state index contributed by atoms with van der Waals surface area (Å²) in [5.74, 6) is 0.273. The van der Waals surface area contributed by atoms with E-state index in [1.54, 1.807) is 13.0 Å². The summed E-state index contributed by atoms with van der Waals surface area (Å²) >= 11 is 0. The van der Waals surface area contributed by atoms with Gasteiger partial charge in [-0.1, -0.05) is 19.9 Å². The van der Waals surface area contributed by atoms with Crippen LogP contribution in [0, 0.1) is 11.7 Å². The molecule has 0 aliphatic carbocycles. The lowest BCUT2D eigenvalue weighted by atomic mass is 10.1. The van der Waals surface area contributed by atoms with Crippen LogP contribution in [-0.2, 0) is 0 Å². The zero-order valence-corrected chi connectivity index (χ0v) is 11.1. The minimum absolute atomic E-state index is 0.339. The van der Waals surface area contributed by atoms with Gasteiger partial charge in [0.25, 0.3) is 0 Å². The number of benzene rings is 1. The third kappa shape index (κ3) is 3.70. The normalized spacial score (nSPS) is 12.9. The van der Waals surface area contributed by atoms with Gasteiger partial charge in [-0.25, -0.2) is 4.39 Å². The molecule has 1 rings (SSSR count). The first-order valence-electron chi connectivity index (χ1n) is 6.11. The molecule has 96 valence electrons. The summed E-state index contributed by atoms with van der Waals surface area (Å²) in [5.41, 5.74) is 1.17. The Kier molecular flexibility index (Phi) is 4.94. The van der Waals surface area contributed by atoms with Gasteiger partial charge < -0.3 is 10.0 Å².